The van der Waals surface area contributed by atoms with E-state index in [2.05, 4.69) is 4.74 Å². The molecule has 0 radical (unpaired) electrons. The number of para-hydroxylation sites is 1. The number of nitrogens with zero attached hydrogens (tertiary/aromatic N) is 2. The molecule has 3 aliphatic rings. The lowest BCUT2D eigenvalue weighted by molar-refractivity contribution is -0.275. The number of carboxylic acid groups (broad SMARTS) is 1. The first-order valence-corrected chi connectivity index (χ1v) is 14.7. The van der Waals surface area contributed by atoms with Gasteiger partial charge in [-0.05, 0) is 54.9 Å². The lowest BCUT2D eigenvalue weighted by Crippen LogP contribution is -2.54. The van der Waals surface area contributed by atoms with Crippen molar-refractivity contribution in [1.82, 2.24) is 4.90 Å². The summed E-state index contributed by atoms with van der Waals surface area (Å²) in [6.07, 6.45) is -5.88. The van der Waals surface area contributed by atoms with Crippen LogP contribution in [0.2, 0.25) is 5.02 Å². The molecule has 0 bridgehead atoms. The predicted octanol–water partition coefficient (Wildman–Crippen LogP) is 6.13. The Balaban J connectivity index is 1.63. The number of carbonyl (C=O) groups excluding carboxylic acids is 2. The Morgan fingerprint density at radius 1 is 1.12 bits per heavy atom. The van der Waals surface area contributed by atoms with Crippen molar-refractivity contribution < 1.29 is 42.1 Å². The van der Waals surface area contributed by atoms with E-state index in [-0.39, 0.29) is 18.2 Å². The van der Waals surface area contributed by atoms with Crippen molar-refractivity contribution in [2.75, 3.05) is 18.0 Å². The SMILES string of the molecule is CC(C)(C)[C@H]1CCc2cc(Cl)cc3c2N1C(=O)[C@@H](CC(=O)N1CCCC(C(=O)O)C1)O[C@@H]3c1ccccc1OC(F)(F)F. The second kappa shape index (κ2) is 11.6. The van der Waals surface area contributed by atoms with Crippen LogP contribution in [0.1, 0.15) is 69.2 Å². The van der Waals surface area contributed by atoms with E-state index in [0.717, 1.165) is 5.56 Å². The van der Waals surface area contributed by atoms with Crippen molar-refractivity contribution in [2.24, 2.45) is 11.3 Å². The topological polar surface area (TPSA) is 96.4 Å². The quantitative estimate of drug-likeness (QED) is 0.431. The normalized spacial score (nSPS) is 24.3. The van der Waals surface area contributed by atoms with Crippen LogP contribution in [0.4, 0.5) is 18.9 Å². The molecule has 43 heavy (non-hydrogen) atoms. The second-order valence-electron chi connectivity index (χ2n) is 12.4. The summed E-state index contributed by atoms with van der Waals surface area (Å²) in [6.45, 7) is 6.35. The molecule has 2 amide bonds. The maximum Gasteiger partial charge on any atom is 0.573 e. The highest BCUT2D eigenvalue weighted by Crippen LogP contribution is 2.49. The number of hydrogen-bond donors (Lipinski definition) is 1. The van der Waals surface area contributed by atoms with Gasteiger partial charge in [0.2, 0.25) is 5.91 Å². The first-order valence-electron chi connectivity index (χ1n) is 14.3. The molecule has 2 aromatic rings. The van der Waals surface area contributed by atoms with Crippen molar-refractivity contribution in [3.63, 3.8) is 0 Å². The van der Waals surface area contributed by atoms with Crippen LogP contribution in [0, 0.1) is 11.3 Å². The minimum atomic E-state index is -4.99. The average molecular weight is 623 g/mol. The number of rotatable bonds is 5. The van der Waals surface area contributed by atoms with Gasteiger partial charge in [0.15, 0.2) is 0 Å². The molecule has 1 saturated heterocycles. The Hall–Kier alpha value is -3.31. The Morgan fingerprint density at radius 3 is 2.51 bits per heavy atom. The number of likely N-dealkylation sites (tertiary alicyclic amines) is 1. The first kappa shape index (κ1) is 31.1. The lowest BCUT2D eigenvalue weighted by Gasteiger charge is -2.45. The molecule has 8 nitrogen and oxygen atoms in total. The highest BCUT2D eigenvalue weighted by atomic mass is 35.5. The summed E-state index contributed by atoms with van der Waals surface area (Å²) < 4.78 is 51.2. The summed E-state index contributed by atoms with van der Waals surface area (Å²) in [5.74, 6) is -3.16. The van der Waals surface area contributed by atoms with Gasteiger partial charge in [-0.1, -0.05) is 50.6 Å². The van der Waals surface area contributed by atoms with Gasteiger partial charge in [-0.25, -0.2) is 0 Å². The summed E-state index contributed by atoms with van der Waals surface area (Å²) in [7, 11) is 0. The van der Waals surface area contributed by atoms with Gasteiger partial charge in [0.1, 0.15) is 18.0 Å². The summed E-state index contributed by atoms with van der Waals surface area (Å²) in [5, 5.41) is 9.84. The van der Waals surface area contributed by atoms with Crippen LogP contribution in [0.15, 0.2) is 36.4 Å². The van der Waals surface area contributed by atoms with E-state index in [1.54, 1.807) is 23.1 Å². The smallest absolute Gasteiger partial charge is 0.481 e. The highest BCUT2D eigenvalue weighted by molar-refractivity contribution is 6.31. The number of benzene rings is 2. The second-order valence-corrected chi connectivity index (χ2v) is 12.9. The minimum absolute atomic E-state index is 0.00900. The van der Waals surface area contributed by atoms with Crippen LogP contribution >= 0.6 is 11.6 Å². The number of aryl methyl sites for hydroxylation is 1. The number of anilines is 1. The van der Waals surface area contributed by atoms with Gasteiger partial charge in [-0.15, -0.1) is 13.2 Å². The minimum Gasteiger partial charge on any atom is -0.481 e. The van der Waals surface area contributed by atoms with Crippen molar-refractivity contribution in [3.8, 4) is 5.75 Å². The van der Waals surface area contributed by atoms with Crippen molar-refractivity contribution in [2.45, 2.75) is 77.5 Å². The van der Waals surface area contributed by atoms with E-state index in [9.17, 15) is 32.7 Å². The van der Waals surface area contributed by atoms with E-state index < -0.39 is 59.9 Å². The number of amides is 2. The number of ether oxygens (including phenoxy) is 2. The zero-order valence-electron chi connectivity index (χ0n) is 24.1. The maximum atomic E-state index is 14.4. The number of halogens is 4. The third-order valence-electron chi connectivity index (χ3n) is 8.43. The Labute approximate surface area is 252 Å². The van der Waals surface area contributed by atoms with Crippen LogP contribution < -0.4 is 9.64 Å². The van der Waals surface area contributed by atoms with Gasteiger partial charge in [-0.2, -0.15) is 0 Å². The molecular formula is C31H34ClF3N2O6. The molecule has 0 saturated carbocycles. The van der Waals surface area contributed by atoms with Gasteiger partial charge < -0.3 is 24.4 Å². The standard InChI is InChI=1S/C31H34ClF3N2O6/c1-30(2,3)24-11-10-17-13-19(32)14-21-26(17)37(24)28(39)23(15-25(38)36-12-6-7-18(16-36)29(40)41)42-27(21)20-8-4-5-9-22(20)43-31(33,34)35/h4-5,8-9,13-14,18,23-24,27H,6-7,10-12,15-16H2,1-3H3,(H,40,41)/t18?,23-,24-,27-/m1/s1. The molecule has 1 N–H and O–H groups in total. The molecule has 0 aliphatic carbocycles. The average Bonchev–Trinajstić information content (AvgIpc) is 3.03. The molecule has 2 aromatic carbocycles. The third kappa shape index (κ3) is 6.47. The lowest BCUT2D eigenvalue weighted by atomic mass is 9.78. The monoisotopic (exact) mass is 622 g/mol. The van der Waals surface area contributed by atoms with Gasteiger partial charge in [0.25, 0.3) is 5.91 Å². The highest BCUT2D eigenvalue weighted by Gasteiger charge is 2.47. The molecule has 0 spiro atoms. The predicted molar refractivity (Wildman–Crippen MR) is 152 cm³/mol. The molecular weight excluding hydrogens is 589 g/mol. The van der Waals surface area contributed by atoms with E-state index in [1.165, 1.54) is 23.1 Å². The number of piperidine rings is 1. The van der Waals surface area contributed by atoms with E-state index >= 15 is 0 Å². The largest absolute Gasteiger partial charge is 0.573 e. The summed E-state index contributed by atoms with van der Waals surface area (Å²) in [4.78, 5) is 42.7. The van der Waals surface area contributed by atoms with Gasteiger partial charge >= 0.3 is 12.3 Å². The number of carbonyl (C=O) groups is 3. The fourth-order valence-electron chi connectivity index (χ4n) is 6.46. The number of aliphatic carboxylic acids is 1. The summed E-state index contributed by atoms with van der Waals surface area (Å²) in [6, 6.07) is 8.59. The zero-order valence-corrected chi connectivity index (χ0v) is 24.9. The fraction of sp³-hybridized carbons (Fsp3) is 0.516. The van der Waals surface area contributed by atoms with Gasteiger partial charge in [0, 0.05) is 35.3 Å². The Kier molecular flexibility index (Phi) is 8.43. The van der Waals surface area contributed by atoms with Crippen LogP contribution in [0.3, 0.4) is 0 Å². The van der Waals surface area contributed by atoms with Crippen LogP contribution in [-0.4, -0.2) is 59.4 Å². The van der Waals surface area contributed by atoms with Crippen LogP contribution in [-0.2, 0) is 25.5 Å². The Morgan fingerprint density at radius 2 is 1.84 bits per heavy atom. The molecule has 5 rings (SSSR count). The zero-order chi connectivity index (χ0) is 31.3. The summed E-state index contributed by atoms with van der Waals surface area (Å²) in [5.41, 5.74) is 1.31. The number of alkyl halides is 3. The number of carboxylic acids is 1. The molecule has 12 heteroatoms. The van der Waals surface area contributed by atoms with Crippen molar-refractivity contribution >= 4 is 35.1 Å². The molecule has 0 aromatic heterocycles. The molecule has 1 fully saturated rings. The van der Waals surface area contributed by atoms with Gasteiger partial charge in [0.05, 0.1) is 18.0 Å². The molecule has 3 heterocycles. The number of hydrogen-bond acceptors (Lipinski definition) is 5. The molecule has 1 unspecified atom stereocenters. The van der Waals surface area contributed by atoms with Crippen molar-refractivity contribution in [3.05, 3.63) is 58.1 Å². The van der Waals surface area contributed by atoms with E-state index in [4.69, 9.17) is 16.3 Å². The molecule has 4 atom stereocenters. The van der Waals surface area contributed by atoms with Crippen molar-refractivity contribution in [1.29, 1.82) is 0 Å². The third-order valence-corrected chi connectivity index (χ3v) is 8.65. The van der Waals surface area contributed by atoms with E-state index in [1.807, 2.05) is 20.8 Å². The first-order chi connectivity index (χ1) is 20.1. The maximum absolute atomic E-state index is 14.4. The van der Waals surface area contributed by atoms with Crippen LogP contribution in [0.25, 0.3) is 0 Å². The van der Waals surface area contributed by atoms with Crippen LogP contribution in [0.5, 0.6) is 5.75 Å². The van der Waals surface area contributed by atoms with E-state index in [0.29, 0.717) is 48.5 Å². The molecule has 232 valence electrons. The fourth-order valence-corrected chi connectivity index (χ4v) is 6.71. The Bertz CT molecular complexity index is 1430. The van der Waals surface area contributed by atoms with Gasteiger partial charge in [-0.3, -0.25) is 14.4 Å². The summed E-state index contributed by atoms with van der Waals surface area (Å²) >= 11 is 6.53. The molecule has 3 aliphatic heterocycles.